The number of H-pyrrole nitrogens is 1. The third-order valence-corrected chi connectivity index (χ3v) is 1.96. The number of rotatable bonds is 0. The smallest absolute Gasteiger partial charge is 0.260 e. The molecule has 0 atom stereocenters. The number of nitrogens with zero attached hydrogens (tertiary/aromatic N) is 1. The molecule has 0 aliphatic rings. The summed E-state index contributed by atoms with van der Waals surface area (Å²) < 4.78 is 12.8. The van der Waals surface area contributed by atoms with Gasteiger partial charge in [-0.25, -0.2) is 9.37 Å². The molecule has 0 unspecified atom stereocenters. The number of aromatic nitrogens is 2. The van der Waals surface area contributed by atoms with Gasteiger partial charge >= 0.3 is 0 Å². The fourth-order valence-corrected chi connectivity index (χ4v) is 1.41. The Hall–Kier alpha value is -1.42. The topological polar surface area (TPSA) is 45.8 Å². The van der Waals surface area contributed by atoms with Crippen molar-refractivity contribution in [3.63, 3.8) is 0 Å². The summed E-state index contributed by atoms with van der Waals surface area (Å²) >= 11 is 5.67. The van der Waals surface area contributed by atoms with E-state index in [1.807, 2.05) is 0 Å². The SMILES string of the molecule is O=c1[nH]cnc2cc(F)cc(Cl)c12. The molecule has 0 saturated carbocycles. The van der Waals surface area contributed by atoms with E-state index < -0.39 is 5.82 Å². The number of benzene rings is 1. The van der Waals surface area contributed by atoms with Gasteiger partial charge < -0.3 is 4.98 Å². The molecule has 2 rings (SSSR count). The van der Waals surface area contributed by atoms with E-state index in [1.54, 1.807) is 0 Å². The average molecular weight is 199 g/mol. The lowest BCUT2D eigenvalue weighted by molar-refractivity contribution is 0.629. The molecule has 2 aromatic rings. The molecule has 0 saturated heterocycles. The molecule has 5 heteroatoms. The Morgan fingerprint density at radius 3 is 3.00 bits per heavy atom. The molecule has 1 aromatic heterocycles. The van der Waals surface area contributed by atoms with Gasteiger partial charge in [0, 0.05) is 6.07 Å². The summed E-state index contributed by atoms with van der Waals surface area (Å²) in [5, 5.41) is 0.287. The standard InChI is InChI=1S/C8H4ClFN2O/c9-5-1-4(10)2-6-7(5)8(13)12-3-11-6/h1-3H,(H,11,12,13). The predicted octanol–water partition coefficient (Wildman–Crippen LogP) is 1.72. The fourth-order valence-electron chi connectivity index (χ4n) is 1.12. The Bertz CT molecular complexity index is 523. The zero-order chi connectivity index (χ0) is 9.42. The van der Waals surface area contributed by atoms with Crippen molar-refractivity contribution >= 4 is 22.5 Å². The van der Waals surface area contributed by atoms with Crippen LogP contribution in [-0.2, 0) is 0 Å². The van der Waals surface area contributed by atoms with Crippen LogP contribution in [-0.4, -0.2) is 9.97 Å². The van der Waals surface area contributed by atoms with Crippen LogP contribution in [0.3, 0.4) is 0 Å². The Balaban J connectivity index is 3.03. The third kappa shape index (κ3) is 1.29. The molecule has 1 heterocycles. The predicted molar refractivity (Wildman–Crippen MR) is 47.3 cm³/mol. The highest BCUT2D eigenvalue weighted by molar-refractivity contribution is 6.35. The number of hydrogen-bond acceptors (Lipinski definition) is 2. The summed E-state index contributed by atoms with van der Waals surface area (Å²) in [5.41, 5.74) is -0.108. The Kier molecular flexibility index (Phi) is 1.77. The number of halogens is 2. The summed E-state index contributed by atoms with van der Waals surface area (Å²) in [7, 11) is 0. The van der Waals surface area contributed by atoms with E-state index in [4.69, 9.17) is 11.6 Å². The molecular formula is C8H4ClFN2O. The molecule has 1 N–H and O–H groups in total. The van der Waals surface area contributed by atoms with E-state index in [2.05, 4.69) is 9.97 Å². The van der Waals surface area contributed by atoms with Crippen molar-refractivity contribution < 1.29 is 4.39 Å². The molecular weight excluding hydrogens is 195 g/mol. The molecule has 0 bridgehead atoms. The van der Waals surface area contributed by atoms with Gasteiger partial charge in [-0.15, -0.1) is 0 Å². The van der Waals surface area contributed by atoms with E-state index in [9.17, 15) is 9.18 Å². The summed E-state index contributed by atoms with van der Waals surface area (Å²) in [5.74, 6) is -0.504. The first-order valence-electron chi connectivity index (χ1n) is 3.51. The van der Waals surface area contributed by atoms with Crippen molar-refractivity contribution in [2.75, 3.05) is 0 Å². The van der Waals surface area contributed by atoms with Gasteiger partial charge in [-0.05, 0) is 6.07 Å². The highest BCUT2D eigenvalue weighted by Gasteiger charge is 2.06. The summed E-state index contributed by atoms with van der Waals surface area (Å²) in [6, 6.07) is 2.25. The van der Waals surface area contributed by atoms with Crippen LogP contribution in [0.4, 0.5) is 4.39 Å². The maximum absolute atomic E-state index is 12.8. The molecule has 0 aliphatic carbocycles. The second-order valence-electron chi connectivity index (χ2n) is 2.51. The van der Waals surface area contributed by atoms with Crippen molar-refractivity contribution in [3.05, 3.63) is 39.7 Å². The second kappa shape index (κ2) is 2.81. The zero-order valence-corrected chi connectivity index (χ0v) is 7.10. The molecule has 0 amide bonds. The van der Waals surface area contributed by atoms with E-state index in [1.165, 1.54) is 6.33 Å². The van der Waals surface area contributed by atoms with Crippen molar-refractivity contribution in [3.8, 4) is 0 Å². The number of nitrogens with one attached hydrogen (secondary N) is 1. The van der Waals surface area contributed by atoms with Crippen LogP contribution >= 0.6 is 11.6 Å². The first-order valence-corrected chi connectivity index (χ1v) is 3.89. The average Bonchev–Trinajstić information content (AvgIpc) is 2.02. The first-order chi connectivity index (χ1) is 6.18. The lowest BCUT2D eigenvalue weighted by Crippen LogP contribution is -2.06. The van der Waals surface area contributed by atoms with Crippen LogP contribution in [0.1, 0.15) is 0 Å². The maximum atomic E-state index is 12.8. The molecule has 0 radical (unpaired) electrons. The monoisotopic (exact) mass is 198 g/mol. The minimum absolute atomic E-state index is 0.0735. The van der Waals surface area contributed by atoms with Gasteiger partial charge in [0.15, 0.2) is 0 Å². The first kappa shape index (κ1) is 8.19. The molecule has 3 nitrogen and oxygen atoms in total. The van der Waals surface area contributed by atoms with Gasteiger partial charge in [-0.3, -0.25) is 4.79 Å². The van der Waals surface area contributed by atoms with E-state index in [-0.39, 0.29) is 21.5 Å². The highest BCUT2D eigenvalue weighted by atomic mass is 35.5. The second-order valence-corrected chi connectivity index (χ2v) is 2.92. The normalized spacial score (nSPS) is 10.6. The van der Waals surface area contributed by atoms with Gasteiger partial charge in [-0.2, -0.15) is 0 Å². The van der Waals surface area contributed by atoms with Crippen molar-refractivity contribution in [2.24, 2.45) is 0 Å². The molecule has 1 aromatic carbocycles. The molecule has 66 valence electrons. The van der Waals surface area contributed by atoms with Crippen LogP contribution in [0.5, 0.6) is 0 Å². The minimum atomic E-state index is -0.504. The molecule has 0 aliphatic heterocycles. The minimum Gasteiger partial charge on any atom is -0.313 e. The Morgan fingerprint density at radius 1 is 1.46 bits per heavy atom. The van der Waals surface area contributed by atoms with Crippen LogP contribution in [0.2, 0.25) is 5.02 Å². The van der Waals surface area contributed by atoms with Gasteiger partial charge in [0.05, 0.1) is 22.3 Å². The molecule has 0 fully saturated rings. The summed E-state index contributed by atoms with van der Waals surface area (Å²) in [6.07, 6.45) is 1.21. The van der Waals surface area contributed by atoms with Crippen LogP contribution in [0, 0.1) is 5.82 Å². The van der Waals surface area contributed by atoms with E-state index in [0.29, 0.717) is 0 Å². The van der Waals surface area contributed by atoms with Crippen LogP contribution in [0.15, 0.2) is 23.3 Å². The van der Waals surface area contributed by atoms with Crippen molar-refractivity contribution in [1.29, 1.82) is 0 Å². The lowest BCUT2D eigenvalue weighted by Gasteiger charge is -1.97. The van der Waals surface area contributed by atoms with Crippen LogP contribution < -0.4 is 5.56 Å². The highest BCUT2D eigenvalue weighted by Crippen LogP contribution is 2.19. The van der Waals surface area contributed by atoms with Gasteiger partial charge in [0.1, 0.15) is 5.82 Å². The van der Waals surface area contributed by atoms with Gasteiger partial charge in [0.25, 0.3) is 5.56 Å². The van der Waals surface area contributed by atoms with Crippen molar-refractivity contribution in [1.82, 2.24) is 9.97 Å². The maximum Gasteiger partial charge on any atom is 0.260 e. The number of aromatic amines is 1. The molecule has 0 spiro atoms. The summed E-state index contributed by atoms with van der Waals surface area (Å²) in [6.45, 7) is 0. The third-order valence-electron chi connectivity index (χ3n) is 1.66. The zero-order valence-electron chi connectivity index (χ0n) is 6.34. The Morgan fingerprint density at radius 2 is 2.23 bits per heavy atom. The van der Waals surface area contributed by atoms with Gasteiger partial charge in [-0.1, -0.05) is 11.6 Å². The Labute approximate surface area is 77.2 Å². The number of hydrogen-bond donors (Lipinski definition) is 1. The van der Waals surface area contributed by atoms with Crippen LogP contribution in [0.25, 0.3) is 10.9 Å². The fraction of sp³-hybridized carbons (Fsp3) is 0. The van der Waals surface area contributed by atoms with E-state index >= 15 is 0 Å². The lowest BCUT2D eigenvalue weighted by atomic mass is 10.2. The largest absolute Gasteiger partial charge is 0.313 e. The van der Waals surface area contributed by atoms with Gasteiger partial charge in [0.2, 0.25) is 0 Å². The number of fused-ring (bicyclic) bond motifs is 1. The quantitative estimate of drug-likeness (QED) is 0.701. The summed E-state index contributed by atoms with van der Waals surface area (Å²) in [4.78, 5) is 17.4. The van der Waals surface area contributed by atoms with Crippen molar-refractivity contribution in [2.45, 2.75) is 0 Å². The molecule has 13 heavy (non-hydrogen) atoms. The van der Waals surface area contributed by atoms with E-state index in [0.717, 1.165) is 12.1 Å².